The Morgan fingerprint density at radius 3 is 1.91 bits per heavy atom. The topological polar surface area (TPSA) is 97.9 Å². The number of aromatic nitrogens is 3. The molecule has 0 bridgehead atoms. The van der Waals surface area contributed by atoms with Gasteiger partial charge in [0, 0.05) is 13.0 Å². The van der Waals surface area contributed by atoms with Crippen molar-refractivity contribution >= 4 is 6.41 Å². The second kappa shape index (κ2) is 18.9. The van der Waals surface area contributed by atoms with Crippen LogP contribution in [0.4, 0.5) is 0 Å². The third kappa shape index (κ3) is 13.1. The van der Waals surface area contributed by atoms with Crippen molar-refractivity contribution in [3.8, 4) is 0 Å². The molecule has 0 aliphatic rings. The third-order valence-corrected chi connectivity index (χ3v) is 5.03. The van der Waals surface area contributed by atoms with Crippen LogP contribution in [0.15, 0.2) is 72.4 Å². The van der Waals surface area contributed by atoms with Crippen molar-refractivity contribution in [1.82, 2.24) is 25.4 Å². The van der Waals surface area contributed by atoms with Crippen molar-refractivity contribution in [1.29, 1.82) is 0 Å². The number of nitrogens with two attached hydrogens (primary N) is 1. The van der Waals surface area contributed by atoms with E-state index in [9.17, 15) is 4.79 Å². The smallest absolute Gasteiger partial charge is 0.207 e. The van der Waals surface area contributed by atoms with Crippen LogP contribution in [0.2, 0.25) is 0 Å². The largest absolute Gasteiger partial charge is 0.405 e. The molecule has 190 valence electrons. The minimum absolute atomic E-state index is 0.399. The Labute approximate surface area is 210 Å². The Morgan fingerprint density at radius 1 is 0.914 bits per heavy atom. The summed E-state index contributed by atoms with van der Waals surface area (Å²) < 4.78 is 2.13. The lowest BCUT2D eigenvalue weighted by Gasteiger charge is -2.10. The molecular weight excluding hydrogens is 436 g/mol. The molecule has 7 heteroatoms. The molecule has 3 rings (SSSR count). The summed E-state index contributed by atoms with van der Waals surface area (Å²) in [7, 11) is 1.96. The molecule has 1 aromatic heterocycles. The lowest BCUT2D eigenvalue weighted by Crippen LogP contribution is -2.17. The predicted molar refractivity (Wildman–Crippen MR) is 145 cm³/mol. The van der Waals surface area contributed by atoms with Gasteiger partial charge in [-0.25, -0.2) is 0 Å². The molecule has 1 amide bonds. The van der Waals surface area contributed by atoms with Gasteiger partial charge in [0.05, 0.1) is 6.54 Å². The van der Waals surface area contributed by atoms with Crippen molar-refractivity contribution in [2.24, 2.45) is 5.73 Å². The number of allylic oxidation sites excluding steroid dienone is 1. The Bertz CT molecular complexity index is 948. The van der Waals surface area contributed by atoms with E-state index < -0.39 is 0 Å². The molecule has 0 aliphatic carbocycles. The number of rotatable bonds is 11. The van der Waals surface area contributed by atoms with Crippen LogP contribution in [0.3, 0.4) is 0 Å². The van der Waals surface area contributed by atoms with E-state index in [4.69, 9.17) is 5.73 Å². The number of nitrogens with zero attached hydrogens (tertiary/aromatic N) is 3. The summed E-state index contributed by atoms with van der Waals surface area (Å²) in [5.41, 5.74) is 8.73. The van der Waals surface area contributed by atoms with Gasteiger partial charge in [-0.15, -0.1) is 10.2 Å². The molecule has 0 saturated heterocycles. The van der Waals surface area contributed by atoms with Gasteiger partial charge in [0.25, 0.3) is 0 Å². The fourth-order valence-corrected chi connectivity index (χ4v) is 3.12. The Morgan fingerprint density at radius 2 is 1.46 bits per heavy atom. The number of carbonyl (C=O) groups is 1. The lowest BCUT2D eigenvalue weighted by atomic mass is 10.1. The molecule has 4 N–H and O–H groups in total. The van der Waals surface area contributed by atoms with Crippen LogP contribution in [0.1, 0.15) is 50.0 Å². The maximum absolute atomic E-state index is 10.6. The van der Waals surface area contributed by atoms with Crippen LogP contribution < -0.4 is 16.4 Å². The van der Waals surface area contributed by atoms with Gasteiger partial charge in [0.1, 0.15) is 5.82 Å². The molecule has 0 spiro atoms. The van der Waals surface area contributed by atoms with E-state index in [1.807, 2.05) is 45.2 Å². The summed E-state index contributed by atoms with van der Waals surface area (Å²) in [5, 5.41) is 14.3. The predicted octanol–water partition coefficient (Wildman–Crippen LogP) is 4.04. The van der Waals surface area contributed by atoms with Crippen molar-refractivity contribution in [2.45, 2.75) is 59.5 Å². The van der Waals surface area contributed by atoms with Crippen molar-refractivity contribution in [3.05, 3.63) is 95.2 Å². The highest BCUT2D eigenvalue weighted by atomic mass is 16.1. The maximum atomic E-state index is 10.6. The molecule has 3 aromatic rings. The summed E-state index contributed by atoms with van der Waals surface area (Å²) in [6, 6.07) is 20.7. The third-order valence-electron chi connectivity index (χ3n) is 5.03. The van der Waals surface area contributed by atoms with Crippen LogP contribution in [-0.4, -0.2) is 34.8 Å². The van der Waals surface area contributed by atoms with Gasteiger partial charge >= 0.3 is 0 Å². The number of hydrogen-bond donors (Lipinski definition) is 3. The van der Waals surface area contributed by atoms with Gasteiger partial charge in [-0.2, -0.15) is 0 Å². The van der Waals surface area contributed by atoms with Crippen molar-refractivity contribution in [2.75, 3.05) is 13.6 Å². The average Bonchev–Trinajstić information content (AvgIpc) is 3.28. The number of aryl methyl sites for hydroxylation is 3. The van der Waals surface area contributed by atoms with E-state index in [-0.39, 0.29) is 0 Å². The highest BCUT2D eigenvalue weighted by Crippen LogP contribution is 2.10. The summed E-state index contributed by atoms with van der Waals surface area (Å²) in [6.45, 7) is 8.41. The van der Waals surface area contributed by atoms with E-state index in [0.29, 0.717) is 13.0 Å². The number of nitrogens with one attached hydrogen (secondary N) is 2. The van der Waals surface area contributed by atoms with Gasteiger partial charge in [0.15, 0.2) is 5.82 Å². The first kappa shape index (κ1) is 29.6. The van der Waals surface area contributed by atoms with Gasteiger partial charge in [-0.1, -0.05) is 73.2 Å². The molecular formula is C28H42N6O. The summed E-state index contributed by atoms with van der Waals surface area (Å²) in [6.07, 6.45) is 6.17. The normalized spacial score (nSPS) is 9.71. The zero-order valence-electron chi connectivity index (χ0n) is 21.7. The molecule has 0 atom stereocenters. The molecule has 0 saturated carbocycles. The fraction of sp³-hybridized carbons (Fsp3) is 0.393. The molecule has 0 aliphatic heterocycles. The second-order valence-corrected chi connectivity index (χ2v) is 8.25. The Hall–Kier alpha value is -3.45. The van der Waals surface area contributed by atoms with E-state index in [1.165, 1.54) is 17.5 Å². The average molecular weight is 479 g/mol. The number of carbonyl (C=O) groups excluding carboxylic acids is 1. The van der Waals surface area contributed by atoms with E-state index in [0.717, 1.165) is 49.6 Å². The Balaban J connectivity index is 0.000000519. The number of benzene rings is 2. The van der Waals surface area contributed by atoms with Gasteiger partial charge in [-0.05, 0) is 64.0 Å². The van der Waals surface area contributed by atoms with Gasteiger partial charge < -0.3 is 20.9 Å². The number of hydrogen-bond acceptors (Lipinski definition) is 5. The summed E-state index contributed by atoms with van der Waals surface area (Å²) in [5.74, 6) is 1.76. The van der Waals surface area contributed by atoms with E-state index in [2.05, 4.69) is 68.7 Å². The fourth-order valence-electron chi connectivity index (χ4n) is 3.12. The quantitative estimate of drug-likeness (QED) is 0.361. The molecule has 0 unspecified atom stereocenters. The first-order chi connectivity index (χ1) is 17.0. The Kier molecular flexibility index (Phi) is 16.0. The minimum atomic E-state index is 0.399. The highest BCUT2D eigenvalue weighted by molar-refractivity contribution is 5.45. The van der Waals surface area contributed by atoms with Crippen LogP contribution in [0.25, 0.3) is 0 Å². The van der Waals surface area contributed by atoms with Crippen LogP contribution in [-0.2, 0) is 37.1 Å². The van der Waals surface area contributed by atoms with Gasteiger partial charge in [-0.3, -0.25) is 4.79 Å². The first-order valence-electron chi connectivity index (χ1n) is 12.2. The van der Waals surface area contributed by atoms with Crippen molar-refractivity contribution in [3.63, 3.8) is 0 Å². The van der Waals surface area contributed by atoms with Gasteiger partial charge in [0.2, 0.25) is 6.41 Å². The monoisotopic (exact) mass is 478 g/mol. The zero-order chi connectivity index (χ0) is 25.7. The van der Waals surface area contributed by atoms with Crippen LogP contribution >= 0.6 is 0 Å². The molecule has 7 nitrogen and oxygen atoms in total. The van der Waals surface area contributed by atoms with E-state index >= 15 is 0 Å². The minimum Gasteiger partial charge on any atom is -0.405 e. The van der Waals surface area contributed by atoms with Crippen LogP contribution in [0, 0.1) is 0 Å². The highest BCUT2D eigenvalue weighted by Gasteiger charge is 2.12. The molecule has 1 heterocycles. The lowest BCUT2D eigenvalue weighted by molar-refractivity contribution is -0.109. The van der Waals surface area contributed by atoms with Crippen molar-refractivity contribution < 1.29 is 4.79 Å². The molecule has 0 fully saturated rings. The summed E-state index contributed by atoms with van der Waals surface area (Å²) >= 11 is 0. The van der Waals surface area contributed by atoms with E-state index in [1.54, 1.807) is 6.20 Å². The summed E-state index contributed by atoms with van der Waals surface area (Å²) in [4.78, 5) is 10.6. The first-order valence-corrected chi connectivity index (χ1v) is 12.2. The zero-order valence-corrected chi connectivity index (χ0v) is 21.7. The molecule has 2 aromatic carbocycles. The second-order valence-electron chi connectivity index (χ2n) is 8.25. The molecule has 0 radical (unpaired) electrons. The maximum Gasteiger partial charge on any atom is 0.207 e. The molecule has 35 heavy (non-hydrogen) atoms. The van der Waals surface area contributed by atoms with Crippen LogP contribution in [0.5, 0.6) is 0 Å². The number of amides is 1. The SMILES string of the molecule is CC(C)=CN.CCCNC.O=CNCc1nnc(CCc2ccccc2)n1CCc1ccccc1. The standard InChI is InChI=1S/C20H22N4O.C4H9N.C4H11N/c25-16-21-15-20-23-22-19(12-11-17-7-3-1-4-8-17)24(20)14-13-18-9-5-2-6-10-18;1-4(2)3-5;1-3-4-5-2/h1-10,16H,11-15H2,(H,21,25);3H,5H2,1-2H3;5H,3-4H2,1-2H3.